The Kier molecular flexibility index (Phi) is 2.93. The summed E-state index contributed by atoms with van der Waals surface area (Å²) in [4.78, 5) is 4.55. The van der Waals surface area contributed by atoms with Crippen molar-refractivity contribution in [2.24, 2.45) is 0 Å². The van der Waals surface area contributed by atoms with Crippen LogP contribution in [-0.2, 0) is 13.1 Å². The van der Waals surface area contributed by atoms with Gasteiger partial charge in [-0.2, -0.15) is 0 Å². The normalized spacial score (nSPS) is 20.9. The molecule has 0 spiro atoms. The van der Waals surface area contributed by atoms with Crippen LogP contribution in [0, 0.1) is 0 Å². The van der Waals surface area contributed by atoms with Gasteiger partial charge >= 0.3 is 0 Å². The molecule has 1 N–H and O–H groups in total. The lowest BCUT2D eigenvalue weighted by molar-refractivity contribution is 0.458. The minimum absolute atomic E-state index is 0.635. The van der Waals surface area contributed by atoms with E-state index in [-0.39, 0.29) is 0 Å². The Morgan fingerprint density at radius 3 is 3.14 bits per heavy atom. The van der Waals surface area contributed by atoms with Crippen LogP contribution in [0.1, 0.15) is 37.2 Å². The Hall–Kier alpha value is -0.350. The van der Waals surface area contributed by atoms with Crippen molar-refractivity contribution in [3.63, 3.8) is 0 Å². The van der Waals surface area contributed by atoms with Gasteiger partial charge in [0.05, 0.1) is 12.2 Å². The van der Waals surface area contributed by atoms with Crippen LogP contribution in [-0.4, -0.2) is 16.6 Å². The van der Waals surface area contributed by atoms with Crippen LogP contribution in [0.2, 0.25) is 0 Å². The molecule has 2 rings (SSSR count). The monoisotopic (exact) mass is 257 g/mol. The Balaban J connectivity index is 2.41. The number of imidazole rings is 1. The Bertz CT molecular complexity index is 332. The number of nitrogens with zero attached hydrogens (tertiary/aromatic N) is 2. The van der Waals surface area contributed by atoms with E-state index < -0.39 is 0 Å². The first-order valence-electron chi connectivity index (χ1n) is 5.13. The first-order valence-corrected chi connectivity index (χ1v) is 5.92. The molecular formula is C10H16BrN3. The maximum atomic E-state index is 4.55. The van der Waals surface area contributed by atoms with Crippen LogP contribution in [0.15, 0.2) is 4.60 Å². The number of halogens is 1. The molecule has 1 aromatic heterocycles. The molecule has 0 aromatic carbocycles. The van der Waals surface area contributed by atoms with Gasteiger partial charge in [-0.05, 0) is 41.7 Å². The van der Waals surface area contributed by atoms with E-state index in [9.17, 15) is 0 Å². The van der Waals surface area contributed by atoms with E-state index in [4.69, 9.17) is 0 Å². The van der Waals surface area contributed by atoms with E-state index in [1.165, 1.54) is 18.5 Å². The lowest BCUT2D eigenvalue weighted by Gasteiger charge is -2.22. The van der Waals surface area contributed by atoms with E-state index in [1.807, 2.05) is 7.05 Å². The zero-order valence-electron chi connectivity index (χ0n) is 8.68. The lowest BCUT2D eigenvalue weighted by atomic mass is 9.99. The first-order chi connectivity index (χ1) is 6.74. The molecule has 14 heavy (non-hydrogen) atoms. The highest BCUT2D eigenvalue weighted by atomic mass is 79.9. The highest BCUT2D eigenvalue weighted by Gasteiger charge is 2.23. The van der Waals surface area contributed by atoms with Crippen LogP contribution >= 0.6 is 15.9 Å². The van der Waals surface area contributed by atoms with Gasteiger partial charge in [0.25, 0.3) is 0 Å². The Morgan fingerprint density at radius 1 is 1.64 bits per heavy atom. The molecule has 78 valence electrons. The highest BCUT2D eigenvalue weighted by Crippen LogP contribution is 2.33. The average Bonchev–Trinajstić information content (AvgIpc) is 2.46. The minimum atomic E-state index is 0.635. The molecular weight excluding hydrogens is 242 g/mol. The van der Waals surface area contributed by atoms with E-state index >= 15 is 0 Å². The number of hydrogen-bond acceptors (Lipinski definition) is 2. The Labute approximate surface area is 93.0 Å². The van der Waals surface area contributed by atoms with Gasteiger partial charge < -0.3 is 9.88 Å². The van der Waals surface area contributed by atoms with Crippen molar-refractivity contribution in [1.82, 2.24) is 14.9 Å². The van der Waals surface area contributed by atoms with Gasteiger partial charge in [0.2, 0.25) is 0 Å². The second-order valence-corrected chi connectivity index (χ2v) is 4.68. The Morgan fingerprint density at radius 2 is 2.43 bits per heavy atom. The zero-order valence-corrected chi connectivity index (χ0v) is 10.3. The smallest absolute Gasteiger partial charge is 0.127 e. The number of fused-ring (bicyclic) bond motifs is 1. The summed E-state index contributed by atoms with van der Waals surface area (Å²) in [7, 11) is 1.96. The lowest BCUT2D eigenvalue weighted by Crippen LogP contribution is -2.18. The zero-order chi connectivity index (χ0) is 10.1. The number of aromatic nitrogens is 2. The summed E-state index contributed by atoms with van der Waals surface area (Å²) < 4.78 is 3.39. The third-order valence-corrected chi connectivity index (χ3v) is 3.45. The first kappa shape index (κ1) is 10.2. The minimum Gasteiger partial charge on any atom is -0.330 e. The number of rotatable bonds is 2. The fourth-order valence-electron chi connectivity index (χ4n) is 2.19. The SMILES string of the molecule is CNCc1nc(Br)c2n1CCCC2C. The molecule has 0 amide bonds. The molecule has 0 bridgehead atoms. The number of nitrogens with one attached hydrogen (secondary N) is 1. The summed E-state index contributed by atoms with van der Waals surface area (Å²) >= 11 is 3.55. The van der Waals surface area contributed by atoms with Gasteiger partial charge in [0.1, 0.15) is 10.4 Å². The second-order valence-electron chi connectivity index (χ2n) is 3.93. The highest BCUT2D eigenvalue weighted by molar-refractivity contribution is 9.10. The molecule has 0 saturated carbocycles. The number of hydrogen-bond donors (Lipinski definition) is 1. The standard InChI is InChI=1S/C10H16BrN3/c1-7-4-3-5-14-8(6-12-2)13-10(11)9(7)14/h7,12H,3-6H2,1-2H3. The fraction of sp³-hybridized carbons (Fsp3) is 0.700. The van der Waals surface area contributed by atoms with E-state index in [0.717, 1.165) is 23.5 Å². The summed E-state index contributed by atoms with van der Waals surface area (Å²) in [6.07, 6.45) is 2.55. The van der Waals surface area contributed by atoms with E-state index in [0.29, 0.717) is 5.92 Å². The van der Waals surface area contributed by atoms with Gasteiger partial charge in [0, 0.05) is 6.54 Å². The molecule has 3 nitrogen and oxygen atoms in total. The molecule has 1 aliphatic rings. The molecule has 0 radical (unpaired) electrons. The maximum absolute atomic E-state index is 4.55. The van der Waals surface area contributed by atoms with Crippen molar-refractivity contribution in [3.05, 3.63) is 16.1 Å². The summed E-state index contributed by atoms with van der Waals surface area (Å²) in [5.41, 5.74) is 1.38. The maximum Gasteiger partial charge on any atom is 0.127 e. The molecule has 4 heteroatoms. The van der Waals surface area contributed by atoms with Gasteiger partial charge in [-0.25, -0.2) is 4.98 Å². The molecule has 1 aliphatic heterocycles. The predicted octanol–water partition coefficient (Wildman–Crippen LogP) is 2.26. The van der Waals surface area contributed by atoms with Crippen molar-refractivity contribution in [2.45, 2.75) is 38.8 Å². The molecule has 1 unspecified atom stereocenters. The summed E-state index contributed by atoms with van der Waals surface area (Å²) in [5.74, 6) is 1.79. The quantitative estimate of drug-likeness (QED) is 0.881. The third kappa shape index (κ3) is 1.61. The summed E-state index contributed by atoms with van der Waals surface area (Å²) in [6, 6.07) is 0. The molecule has 0 fully saturated rings. The van der Waals surface area contributed by atoms with Crippen molar-refractivity contribution < 1.29 is 0 Å². The van der Waals surface area contributed by atoms with Crippen LogP contribution in [0.5, 0.6) is 0 Å². The fourth-order valence-corrected chi connectivity index (χ4v) is 3.00. The second kappa shape index (κ2) is 4.03. The summed E-state index contributed by atoms with van der Waals surface area (Å²) in [6.45, 7) is 4.25. The third-order valence-electron chi connectivity index (χ3n) is 2.86. The van der Waals surface area contributed by atoms with Gasteiger partial charge in [-0.15, -0.1) is 0 Å². The summed E-state index contributed by atoms with van der Waals surface area (Å²) in [5, 5.41) is 3.16. The average molecular weight is 258 g/mol. The van der Waals surface area contributed by atoms with Crippen LogP contribution in [0.3, 0.4) is 0 Å². The molecule has 1 atom stereocenters. The van der Waals surface area contributed by atoms with Crippen molar-refractivity contribution >= 4 is 15.9 Å². The van der Waals surface area contributed by atoms with Crippen molar-refractivity contribution in [1.29, 1.82) is 0 Å². The van der Waals surface area contributed by atoms with E-state index in [2.05, 4.69) is 37.7 Å². The molecule has 0 saturated heterocycles. The van der Waals surface area contributed by atoms with Crippen LogP contribution in [0.25, 0.3) is 0 Å². The molecule has 2 heterocycles. The topological polar surface area (TPSA) is 29.9 Å². The van der Waals surface area contributed by atoms with Gasteiger partial charge in [0.15, 0.2) is 0 Å². The van der Waals surface area contributed by atoms with Crippen LogP contribution < -0.4 is 5.32 Å². The predicted molar refractivity (Wildman–Crippen MR) is 60.3 cm³/mol. The van der Waals surface area contributed by atoms with Gasteiger partial charge in [-0.3, -0.25) is 0 Å². The van der Waals surface area contributed by atoms with Crippen molar-refractivity contribution in [3.8, 4) is 0 Å². The molecule has 1 aromatic rings. The van der Waals surface area contributed by atoms with Crippen LogP contribution in [0.4, 0.5) is 0 Å². The largest absolute Gasteiger partial charge is 0.330 e. The van der Waals surface area contributed by atoms with Crippen molar-refractivity contribution in [2.75, 3.05) is 7.05 Å². The molecule has 0 aliphatic carbocycles. The van der Waals surface area contributed by atoms with E-state index in [1.54, 1.807) is 0 Å². The van der Waals surface area contributed by atoms with Gasteiger partial charge in [-0.1, -0.05) is 6.92 Å².